The van der Waals surface area contributed by atoms with Gasteiger partial charge in [-0.2, -0.15) is 5.10 Å². The lowest BCUT2D eigenvalue weighted by Gasteiger charge is -2.32. The highest BCUT2D eigenvalue weighted by Crippen LogP contribution is 2.32. The van der Waals surface area contributed by atoms with Crippen molar-refractivity contribution in [2.75, 3.05) is 18.0 Å². The van der Waals surface area contributed by atoms with Crippen molar-refractivity contribution in [3.05, 3.63) is 40.1 Å². The summed E-state index contributed by atoms with van der Waals surface area (Å²) in [6, 6.07) is 8.08. The summed E-state index contributed by atoms with van der Waals surface area (Å²) in [5, 5.41) is 8.42. The van der Waals surface area contributed by atoms with Crippen LogP contribution in [0, 0.1) is 6.92 Å². The normalized spacial score (nSPS) is 17.7. The van der Waals surface area contributed by atoms with Gasteiger partial charge in [-0.05, 0) is 44.0 Å². The highest BCUT2D eigenvalue weighted by atomic mass is 79.9. The minimum absolute atomic E-state index is 0.103. The number of piperidine rings is 1. The van der Waals surface area contributed by atoms with Crippen molar-refractivity contribution in [3.63, 3.8) is 0 Å². The van der Waals surface area contributed by atoms with E-state index in [0.29, 0.717) is 5.69 Å². The average molecular weight is 434 g/mol. The number of aromatic nitrogens is 3. The number of amides is 1. The quantitative estimate of drug-likeness (QED) is 0.686. The van der Waals surface area contributed by atoms with Crippen LogP contribution in [0.4, 0.5) is 5.13 Å². The van der Waals surface area contributed by atoms with Crippen molar-refractivity contribution in [2.24, 2.45) is 7.05 Å². The van der Waals surface area contributed by atoms with E-state index in [1.807, 2.05) is 32.2 Å². The SMILES string of the molecule is Cc1cc(C(=O)NC2CCCN(c3nc4ccc(Br)cc4s3)C2)nn1C. The van der Waals surface area contributed by atoms with E-state index in [0.717, 1.165) is 46.7 Å². The number of fused-ring (bicyclic) bond motifs is 1. The fourth-order valence-electron chi connectivity index (χ4n) is 3.22. The van der Waals surface area contributed by atoms with Crippen LogP contribution < -0.4 is 10.2 Å². The number of thiazole rings is 1. The molecule has 0 radical (unpaired) electrons. The second kappa shape index (κ2) is 7.00. The van der Waals surface area contributed by atoms with E-state index >= 15 is 0 Å². The van der Waals surface area contributed by atoms with E-state index in [1.54, 1.807) is 16.0 Å². The molecule has 3 heterocycles. The molecule has 1 aliphatic rings. The molecule has 0 bridgehead atoms. The van der Waals surface area contributed by atoms with Crippen molar-refractivity contribution in [2.45, 2.75) is 25.8 Å². The van der Waals surface area contributed by atoms with E-state index in [2.05, 4.69) is 37.3 Å². The zero-order valence-electron chi connectivity index (χ0n) is 14.7. The number of anilines is 1. The first-order chi connectivity index (χ1) is 12.5. The summed E-state index contributed by atoms with van der Waals surface area (Å²) < 4.78 is 3.96. The van der Waals surface area contributed by atoms with Gasteiger partial charge in [0.1, 0.15) is 5.69 Å². The molecule has 8 heteroatoms. The molecule has 2 aromatic heterocycles. The molecule has 3 aromatic rings. The van der Waals surface area contributed by atoms with Gasteiger partial charge < -0.3 is 10.2 Å². The predicted octanol–water partition coefficient (Wildman–Crippen LogP) is 3.50. The van der Waals surface area contributed by atoms with Gasteiger partial charge in [0.15, 0.2) is 5.13 Å². The van der Waals surface area contributed by atoms with Crippen LogP contribution in [0.3, 0.4) is 0 Å². The molecule has 1 unspecified atom stereocenters. The van der Waals surface area contributed by atoms with Crippen molar-refractivity contribution >= 4 is 48.5 Å². The highest BCUT2D eigenvalue weighted by Gasteiger charge is 2.25. The first kappa shape index (κ1) is 17.5. The Hall–Kier alpha value is -1.93. The predicted molar refractivity (Wildman–Crippen MR) is 108 cm³/mol. The Morgan fingerprint density at radius 2 is 2.23 bits per heavy atom. The monoisotopic (exact) mass is 433 g/mol. The number of halogens is 1. The fourth-order valence-corrected chi connectivity index (χ4v) is 4.77. The third-order valence-electron chi connectivity index (χ3n) is 4.71. The lowest BCUT2D eigenvalue weighted by atomic mass is 10.1. The number of benzene rings is 1. The van der Waals surface area contributed by atoms with Gasteiger partial charge in [-0.1, -0.05) is 27.3 Å². The maximum absolute atomic E-state index is 12.5. The number of hydrogen-bond donors (Lipinski definition) is 1. The molecule has 1 aromatic carbocycles. The van der Waals surface area contributed by atoms with Crippen molar-refractivity contribution in [3.8, 4) is 0 Å². The topological polar surface area (TPSA) is 63.1 Å². The van der Waals surface area contributed by atoms with Gasteiger partial charge in [0.25, 0.3) is 5.91 Å². The Balaban J connectivity index is 1.47. The van der Waals surface area contributed by atoms with Gasteiger partial charge in [0.2, 0.25) is 0 Å². The summed E-state index contributed by atoms with van der Waals surface area (Å²) >= 11 is 5.21. The lowest BCUT2D eigenvalue weighted by molar-refractivity contribution is 0.0927. The van der Waals surface area contributed by atoms with Crippen LogP contribution in [0.15, 0.2) is 28.7 Å². The second-order valence-corrected chi connectivity index (χ2v) is 8.59. The Labute approximate surface area is 164 Å². The fraction of sp³-hybridized carbons (Fsp3) is 0.389. The number of rotatable bonds is 3. The third-order valence-corrected chi connectivity index (χ3v) is 6.28. The molecular weight excluding hydrogens is 414 g/mol. The van der Waals surface area contributed by atoms with Crippen molar-refractivity contribution in [1.82, 2.24) is 20.1 Å². The van der Waals surface area contributed by atoms with Crippen molar-refractivity contribution < 1.29 is 4.79 Å². The number of carbonyl (C=O) groups excluding carboxylic acids is 1. The first-order valence-electron chi connectivity index (χ1n) is 8.62. The molecule has 1 saturated heterocycles. The molecule has 26 heavy (non-hydrogen) atoms. The van der Waals surface area contributed by atoms with E-state index < -0.39 is 0 Å². The molecule has 0 aliphatic carbocycles. The molecular formula is C18H20BrN5OS. The highest BCUT2D eigenvalue weighted by molar-refractivity contribution is 9.10. The van der Waals surface area contributed by atoms with E-state index in [1.165, 1.54) is 4.70 Å². The van der Waals surface area contributed by atoms with E-state index in [9.17, 15) is 4.79 Å². The Morgan fingerprint density at radius 1 is 1.38 bits per heavy atom. The molecule has 1 fully saturated rings. The zero-order chi connectivity index (χ0) is 18.3. The van der Waals surface area contributed by atoms with Crippen LogP contribution in [0.1, 0.15) is 29.0 Å². The minimum atomic E-state index is -0.103. The van der Waals surface area contributed by atoms with E-state index in [4.69, 9.17) is 4.98 Å². The first-order valence-corrected chi connectivity index (χ1v) is 10.2. The summed E-state index contributed by atoms with van der Waals surface area (Å²) in [4.78, 5) is 19.5. The molecule has 4 rings (SSSR count). The van der Waals surface area contributed by atoms with Crippen molar-refractivity contribution in [1.29, 1.82) is 0 Å². The summed E-state index contributed by atoms with van der Waals surface area (Å²) in [6.07, 6.45) is 2.01. The van der Waals surface area contributed by atoms with Crippen LogP contribution in [-0.2, 0) is 7.05 Å². The lowest BCUT2D eigenvalue weighted by Crippen LogP contribution is -2.47. The second-order valence-electron chi connectivity index (χ2n) is 6.66. The summed E-state index contributed by atoms with van der Waals surface area (Å²) in [5.41, 5.74) is 2.47. The Morgan fingerprint density at radius 3 is 3.00 bits per heavy atom. The molecule has 1 amide bonds. The molecule has 0 saturated carbocycles. The Kier molecular flexibility index (Phi) is 4.71. The summed E-state index contributed by atoms with van der Waals surface area (Å²) in [5.74, 6) is -0.103. The average Bonchev–Trinajstić information content (AvgIpc) is 3.18. The molecule has 6 nitrogen and oxygen atoms in total. The molecule has 1 atom stereocenters. The van der Waals surface area contributed by atoms with Gasteiger partial charge in [0.05, 0.1) is 10.2 Å². The molecule has 136 valence electrons. The number of carbonyl (C=O) groups is 1. The van der Waals surface area contributed by atoms with Gasteiger partial charge >= 0.3 is 0 Å². The van der Waals surface area contributed by atoms with Gasteiger partial charge in [-0.25, -0.2) is 4.98 Å². The van der Waals surface area contributed by atoms with Gasteiger partial charge in [-0.15, -0.1) is 0 Å². The van der Waals surface area contributed by atoms with E-state index in [-0.39, 0.29) is 11.9 Å². The zero-order valence-corrected chi connectivity index (χ0v) is 17.1. The third kappa shape index (κ3) is 3.48. The van der Waals surface area contributed by atoms with Crippen LogP contribution >= 0.6 is 27.3 Å². The van der Waals surface area contributed by atoms with Crippen LogP contribution in [-0.4, -0.2) is 39.8 Å². The number of nitrogens with one attached hydrogen (secondary N) is 1. The Bertz CT molecular complexity index is 946. The molecule has 1 aliphatic heterocycles. The number of aryl methyl sites for hydroxylation is 2. The van der Waals surface area contributed by atoms with Gasteiger partial charge in [0, 0.05) is 36.3 Å². The number of nitrogens with zero attached hydrogens (tertiary/aromatic N) is 4. The standard InChI is InChI=1S/C18H20BrN5OS/c1-11-8-15(22-23(11)2)17(25)20-13-4-3-7-24(10-13)18-21-14-6-5-12(19)9-16(14)26-18/h5-6,8-9,13H,3-4,7,10H2,1-2H3,(H,20,25). The molecule has 1 N–H and O–H groups in total. The summed E-state index contributed by atoms with van der Waals surface area (Å²) in [7, 11) is 1.85. The van der Waals surface area contributed by atoms with Crippen LogP contribution in [0.2, 0.25) is 0 Å². The maximum Gasteiger partial charge on any atom is 0.272 e. The summed E-state index contributed by atoms with van der Waals surface area (Å²) in [6.45, 7) is 3.69. The smallest absolute Gasteiger partial charge is 0.272 e. The van der Waals surface area contributed by atoms with Gasteiger partial charge in [-0.3, -0.25) is 9.48 Å². The number of hydrogen-bond acceptors (Lipinski definition) is 5. The maximum atomic E-state index is 12.5. The van der Waals surface area contributed by atoms with Crippen LogP contribution in [0.5, 0.6) is 0 Å². The largest absolute Gasteiger partial charge is 0.346 e. The van der Waals surface area contributed by atoms with Crippen LogP contribution in [0.25, 0.3) is 10.2 Å². The minimum Gasteiger partial charge on any atom is -0.346 e. The molecule has 0 spiro atoms.